The third-order valence-corrected chi connectivity index (χ3v) is 5.18. The molecule has 1 aliphatic heterocycles. The molecule has 0 spiro atoms. The highest BCUT2D eigenvalue weighted by Crippen LogP contribution is 2.25. The van der Waals surface area contributed by atoms with E-state index in [2.05, 4.69) is 27.1 Å². The Hall–Kier alpha value is -1.89. The Labute approximate surface area is 149 Å². The Morgan fingerprint density at radius 1 is 1.24 bits per heavy atom. The van der Waals surface area contributed by atoms with Crippen LogP contribution in [-0.4, -0.2) is 66.3 Å². The largest absolute Gasteiger partial charge is 0.376 e. The molecule has 7 nitrogen and oxygen atoms in total. The molecule has 2 atom stereocenters. The number of anilines is 1. The summed E-state index contributed by atoms with van der Waals surface area (Å²) in [6, 6.07) is -0.000844. The Morgan fingerprint density at radius 3 is 2.76 bits per heavy atom. The molecule has 3 rings (SSSR count). The monoisotopic (exact) mass is 347 g/mol. The lowest BCUT2D eigenvalue weighted by molar-refractivity contribution is -0.00272. The molecule has 138 valence electrons. The maximum Gasteiger partial charge on any atom is 0.317 e. The highest BCUT2D eigenvalue weighted by atomic mass is 16.5. The van der Waals surface area contributed by atoms with Gasteiger partial charge in [-0.1, -0.05) is 19.8 Å². The van der Waals surface area contributed by atoms with E-state index in [0.717, 1.165) is 25.3 Å². The van der Waals surface area contributed by atoms with Crippen molar-refractivity contribution in [3.05, 3.63) is 18.6 Å². The van der Waals surface area contributed by atoms with Crippen LogP contribution in [0, 0.1) is 5.92 Å². The molecule has 0 unspecified atom stereocenters. The van der Waals surface area contributed by atoms with Gasteiger partial charge < -0.3 is 19.9 Å². The van der Waals surface area contributed by atoms with Crippen LogP contribution in [0.3, 0.4) is 0 Å². The van der Waals surface area contributed by atoms with Gasteiger partial charge in [-0.3, -0.25) is 4.98 Å². The molecule has 1 saturated heterocycles. The van der Waals surface area contributed by atoms with Gasteiger partial charge in [-0.05, 0) is 18.8 Å². The summed E-state index contributed by atoms with van der Waals surface area (Å²) >= 11 is 0. The van der Waals surface area contributed by atoms with Gasteiger partial charge in [-0.25, -0.2) is 9.78 Å². The average molecular weight is 347 g/mol. The summed E-state index contributed by atoms with van der Waals surface area (Å²) in [5, 5.41) is 2.98. The summed E-state index contributed by atoms with van der Waals surface area (Å²) < 4.78 is 5.95. The van der Waals surface area contributed by atoms with Crippen LogP contribution in [0.1, 0.15) is 32.6 Å². The topological polar surface area (TPSA) is 70.6 Å². The number of carbonyl (C=O) groups is 1. The molecule has 7 heteroatoms. The van der Waals surface area contributed by atoms with Crippen molar-refractivity contribution in [1.82, 2.24) is 20.2 Å². The van der Waals surface area contributed by atoms with E-state index in [9.17, 15) is 4.79 Å². The highest BCUT2D eigenvalue weighted by molar-refractivity contribution is 5.74. The number of rotatable bonds is 5. The first kappa shape index (κ1) is 17.9. The summed E-state index contributed by atoms with van der Waals surface area (Å²) in [7, 11) is 0. The zero-order valence-corrected chi connectivity index (χ0v) is 15.1. The standard InChI is InChI=1S/C18H29N5O2/c1-15-4-2-3-5-16(15)25-13-8-21-18(24)23-11-9-22(10-12-23)17-14-19-6-7-20-17/h6-7,14-16H,2-5,8-13H2,1H3,(H,21,24)/t15-,16+/m1/s1. The number of urea groups is 1. The third-order valence-electron chi connectivity index (χ3n) is 5.18. The minimum Gasteiger partial charge on any atom is -0.376 e. The number of piperazine rings is 1. The number of ether oxygens (including phenoxy) is 1. The minimum absolute atomic E-state index is 0.000844. The van der Waals surface area contributed by atoms with E-state index >= 15 is 0 Å². The summed E-state index contributed by atoms with van der Waals surface area (Å²) in [6.07, 6.45) is 10.5. The zero-order chi connectivity index (χ0) is 17.5. The lowest BCUT2D eigenvalue weighted by atomic mass is 9.88. The molecule has 1 N–H and O–H groups in total. The fraction of sp³-hybridized carbons (Fsp3) is 0.722. The normalized spacial score (nSPS) is 24.2. The summed E-state index contributed by atoms with van der Waals surface area (Å²) in [5.74, 6) is 1.51. The van der Waals surface area contributed by atoms with E-state index in [-0.39, 0.29) is 6.03 Å². The number of nitrogens with zero attached hydrogens (tertiary/aromatic N) is 4. The summed E-state index contributed by atoms with van der Waals surface area (Å²) in [6.45, 7) is 6.39. The predicted octanol–water partition coefficient (Wildman–Crippen LogP) is 1.90. The average Bonchev–Trinajstić information content (AvgIpc) is 2.67. The highest BCUT2D eigenvalue weighted by Gasteiger charge is 2.23. The Kier molecular flexibility index (Phi) is 6.44. The van der Waals surface area contributed by atoms with Crippen LogP contribution in [0.15, 0.2) is 18.6 Å². The number of amides is 2. The molecule has 2 heterocycles. The number of hydrogen-bond donors (Lipinski definition) is 1. The van der Waals surface area contributed by atoms with Gasteiger partial charge in [0.05, 0.1) is 18.9 Å². The molecule has 1 saturated carbocycles. The van der Waals surface area contributed by atoms with Crippen molar-refractivity contribution in [2.45, 2.75) is 38.7 Å². The molecule has 2 amide bonds. The van der Waals surface area contributed by atoms with Gasteiger partial charge in [0.1, 0.15) is 5.82 Å². The van der Waals surface area contributed by atoms with E-state index in [1.165, 1.54) is 19.3 Å². The van der Waals surface area contributed by atoms with Gasteiger partial charge in [0.15, 0.2) is 0 Å². The van der Waals surface area contributed by atoms with Crippen molar-refractivity contribution in [3.63, 3.8) is 0 Å². The molecule has 0 bridgehead atoms. The fourth-order valence-corrected chi connectivity index (χ4v) is 3.60. The fourth-order valence-electron chi connectivity index (χ4n) is 3.60. The molecule has 0 radical (unpaired) electrons. The second-order valence-electron chi connectivity index (χ2n) is 6.94. The number of aromatic nitrogens is 2. The molecule has 0 aromatic carbocycles. The zero-order valence-electron chi connectivity index (χ0n) is 15.1. The van der Waals surface area contributed by atoms with Crippen LogP contribution >= 0.6 is 0 Å². The van der Waals surface area contributed by atoms with Gasteiger partial charge in [-0.15, -0.1) is 0 Å². The maximum atomic E-state index is 12.3. The van der Waals surface area contributed by atoms with Crippen LogP contribution in [0.4, 0.5) is 10.6 Å². The van der Waals surface area contributed by atoms with Crippen molar-refractivity contribution >= 4 is 11.8 Å². The molecular weight excluding hydrogens is 318 g/mol. The Bertz CT molecular complexity index is 534. The van der Waals surface area contributed by atoms with Crippen molar-refractivity contribution in [2.24, 2.45) is 5.92 Å². The molecule has 1 aromatic rings. The number of carbonyl (C=O) groups excluding carboxylic acids is 1. The molecule has 25 heavy (non-hydrogen) atoms. The maximum absolute atomic E-state index is 12.3. The van der Waals surface area contributed by atoms with Gasteiger partial charge >= 0.3 is 6.03 Å². The molecule has 2 aliphatic rings. The molecule has 1 aliphatic carbocycles. The Balaban J connectivity index is 1.33. The van der Waals surface area contributed by atoms with E-state index in [0.29, 0.717) is 38.3 Å². The predicted molar refractivity (Wildman–Crippen MR) is 96.6 cm³/mol. The van der Waals surface area contributed by atoms with Gasteiger partial charge in [0.25, 0.3) is 0 Å². The minimum atomic E-state index is -0.000844. The third kappa shape index (κ3) is 5.04. The van der Waals surface area contributed by atoms with Crippen molar-refractivity contribution < 1.29 is 9.53 Å². The lowest BCUT2D eigenvalue weighted by Gasteiger charge is -2.35. The lowest BCUT2D eigenvalue weighted by Crippen LogP contribution is -2.52. The molecular formula is C18H29N5O2. The SMILES string of the molecule is C[C@@H]1CCCC[C@@H]1OCCNC(=O)N1CCN(c2cnccn2)CC1. The van der Waals surface area contributed by atoms with E-state index in [1.54, 1.807) is 18.6 Å². The second-order valence-corrected chi connectivity index (χ2v) is 6.94. The summed E-state index contributed by atoms with van der Waals surface area (Å²) in [5.41, 5.74) is 0. The van der Waals surface area contributed by atoms with E-state index < -0.39 is 0 Å². The van der Waals surface area contributed by atoms with E-state index in [1.807, 2.05) is 4.90 Å². The first-order valence-electron chi connectivity index (χ1n) is 9.39. The van der Waals surface area contributed by atoms with Crippen molar-refractivity contribution in [2.75, 3.05) is 44.2 Å². The summed E-state index contributed by atoms with van der Waals surface area (Å²) in [4.78, 5) is 24.7. The van der Waals surface area contributed by atoms with E-state index in [4.69, 9.17) is 4.74 Å². The number of hydrogen-bond acceptors (Lipinski definition) is 5. The van der Waals surface area contributed by atoms with Crippen molar-refractivity contribution in [3.8, 4) is 0 Å². The van der Waals surface area contributed by atoms with Crippen LogP contribution in [-0.2, 0) is 4.74 Å². The van der Waals surface area contributed by atoms with Crippen LogP contribution in [0.5, 0.6) is 0 Å². The molecule has 2 fully saturated rings. The Morgan fingerprint density at radius 2 is 2.04 bits per heavy atom. The van der Waals surface area contributed by atoms with Gasteiger partial charge in [-0.2, -0.15) is 0 Å². The van der Waals surface area contributed by atoms with Crippen LogP contribution in [0.2, 0.25) is 0 Å². The first-order chi connectivity index (χ1) is 12.2. The van der Waals surface area contributed by atoms with Crippen molar-refractivity contribution in [1.29, 1.82) is 0 Å². The quantitative estimate of drug-likeness (QED) is 0.824. The van der Waals surface area contributed by atoms with Crippen LogP contribution in [0.25, 0.3) is 0 Å². The number of nitrogens with one attached hydrogen (secondary N) is 1. The second kappa shape index (κ2) is 8.99. The van der Waals surface area contributed by atoms with Crippen LogP contribution < -0.4 is 10.2 Å². The molecule has 1 aromatic heterocycles. The first-order valence-corrected chi connectivity index (χ1v) is 9.39. The smallest absolute Gasteiger partial charge is 0.317 e. The van der Waals surface area contributed by atoms with Gasteiger partial charge in [0, 0.05) is 45.1 Å². The van der Waals surface area contributed by atoms with Gasteiger partial charge in [0.2, 0.25) is 0 Å².